The molecule has 0 saturated heterocycles. The van der Waals surface area contributed by atoms with Gasteiger partial charge in [-0.05, 0) is 38.5 Å². The average molecular weight is 281 g/mol. The molecule has 1 heterocycles. The van der Waals surface area contributed by atoms with Crippen molar-refractivity contribution in [3.8, 4) is 11.5 Å². The normalized spacial score (nSPS) is 12.5. The molecule has 1 atom stereocenters. The van der Waals surface area contributed by atoms with Crippen LogP contribution < -0.4 is 4.74 Å². The van der Waals surface area contributed by atoms with Crippen molar-refractivity contribution in [3.05, 3.63) is 40.2 Å². The Labute approximate surface area is 117 Å². The predicted octanol–water partition coefficient (Wildman–Crippen LogP) is 3.54. The number of aromatic nitrogens is 2. The molecule has 19 heavy (non-hydrogen) atoms. The molecule has 0 saturated carbocycles. The second-order valence-corrected chi connectivity index (χ2v) is 4.99. The number of hydrogen-bond acceptors (Lipinski definition) is 3. The maximum atomic E-state index is 9.54. The number of aryl methyl sites for hydroxylation is 2. The summed E-state index contributed by atoms with van der Waals surface area (Å²) in [6.07, 6.45) is -0.594. The fourth-order valence-electron chi connectivity index (χ4n) is 1.93. The van der Waals surface area contributed by atoms with Crippen molar-refractivity contribution in [2.24, 2.45) is 7.05 Å². The summed E-state index contributed by atoms with van der Waals surface area (Å²) in [7, 11) is 1.87. The van der Waals surface area contributed by atoms with E-state index in [4.69, 9.17) is 16.3 Å². The molecule has 5 heteroatoms. The van der Waals surface area contributed by atoms with Crippen molar-refractivity contribution in [2.45, 2.75) is 26.9 Å². The number of ether oxygens (including phenoxy) is 1. The summed E-state index contributed by atoms with van der Waals surface area (Å²) in [6, 6.07) is 5.26. The molecule has 0 amide bonds. The zero-order chi connectivity index (χ0) is 14.2. The predicted molar refractivity (Wildman–Crippen MR) is 74.8 cm³/mol. The lowest BCUT2D eigenvalue weighted by Crippen LogP contribution is -1.94. The largest absolute Gasteiger partial charge is 0.453 e. The molecule has 0 fully saturated rings. The fraction of sp³-hybridized carbons (Fsp3) is 0.357. The van der Waals surface area contributed by atoms with E-state index in [1.807, 2.05) is 20.9 Å². The van der Waals surface area contributed by atoms with Crippen LogP contribution >= 0.6 is 11.6 Å². The van der Waals surface area contributed by atoms with Crippen LogP contribution in [0.3, 0.4) is 0 Å². The summed E-state index contributed by atoms with van der Waals surface area (Å²) in [5.41, 5.74) is 2.47. The minimum absolute atomic E-state index is 0.492. The average Bonchev–Trinajstić information content (AvgIpc) is 2.56. The minimum Gasteiger partial charge on any atom is -0.453 e. The van der Waals surface area contributed by atoms with Gasteiger partial charge in [0, 0.05) is 7.05 Å². The Bertz CT molecular complexity index is 606. The van der Waals surface area contributed by atoms with E-state index in [9.17, 15) is 5.11 Å². The van der Waals surface area contributed by atoms with E-state index >= 15 is 0 Å². The SMILES string of the molecule is Cc1nn(C)c(C)c1Oc1ccc(C(C)O)c(Cl)c1. The zero-order valence-electron chi connectivity index (χ0n) is 11.4. The van der Waals surface area contributed by atoms with Gasteiger partial charge in [-0.3, -0.25) is 4.68 Å². The third-order valence-electron chi connectivity index (χ3n) is 3.08. The van der Waals surface area contributed by atoms with Crippen LogP contribution in [0.5, 0.6) is 11.5 Å². The summed E-state index contributed by atoms with van der Waals surface area (Å²) < 4.78 is 7.60. The van der Waals surface area contributed by atoms with Crippen LogP contribution in [0, 0.1) is 13.8 Å². The molecule has 1 N–H and O–H groups in total. The second kappa shape index (κ2) is 5.23. The van der Waals surface area contributed by atoms with E-state index in [0.717, 1.165) is 17.1 Å². The number of rotatable bonds is 3. The van der Waals surface area contributed by atoms with Crippen LogP contribution in [-0.4, -0.2) is 14.9 Å². The van der Waals surface area contributed by atoms with Crippen LogP contribution in [0.2, 0.25) is 5.02 Å². The lowest BCUT2D eigenvalue weighted by molar-refractivity contribution is 0.199. The molecule has 0 bridgehead atoms. The molecule has 0 aliphatic rings. The Morgan fingerprint density at radius 1 is 1.37 bits per heavy atom. The van der Waals surface area contributed by atoms with E-state index in [0.29, 0.717) is 16.3 Å². The van der Waals surface area contributed by atoms with Gasteiger partial charge < -0.3 is 9.84 Å². The Balaban J connectivity index is 2.31. The van der Waals surface area contributed by atoms with Crippen LogP contribution in [0.1, 0.15) is 30.0 Å². The van der Waals surface area contributed by atoms with E-state index in [-0.39, 0.29) is 0 Å². The van der Waals surface area contributed by atoms with Gasteiger partial charge in [0.1, 0.15) is 11.4 Å². The molecule has 0 spiro atoms. The highest BCUT2D eigenvalue weighted by Gasteiger charge is 2.13. The Hall–Kier alpha value is -1.52. The quantitative estimate of drug-likeness (QED) is 0.935. The number of aliphatic hydroxyl groups excluding tert-OH is 1. The van der Waals surface area contributed by atoms with Gasteiger partial charge >= 0.3 is 0 Å². The Morgan fingerprint density at radius 3 is 2.53 bits per heavy atom. The van der Waals surface area contributed by atoms with Gasteiger partial charge in [-0.25, -0.2) is 0 Å². The molecule has 1 unspecified atom stereocenters. The van der Waals surface area contributed by atoms with Gasteiger partial charge in [-0.2, -0.15) is 5.10 Å². The second-order valence-electron chi connectivity index (χ2n) is 4.58. The van der Waals surface area contributed by atoms with Crippen molar-refractivity contribution < 1.29 is 9.84 Å². The van der Waals surface area contributed by atoms with E-state index in [1.165, 1.54) is 0 Å². The zero-order valence-corrected chi connectivity index (χ0v) is 12.2. The lowest BCUT2D eigenvalue weighted by atomic mass is 10.1. The van der Waals surface area contributed by atoms with Crippen LogP contribution in [0.15, 0.2) is 18.2 Å². The van der Waals surface area contributed by atoms with Crippen molar-refractivity contribution >= 4 is 11.6 Å². The minimum atomic E-state index is -0.594. The highest BCUT2D eigenvalue weighted by Crippen LogP contribution is 2.32. The monoisotopic (exact) mass is 280 g/mol. The number of nitrogens with zero attached hydrogens (tertiary/aromatic N) is 2. The van der Waals surface area contributed by atoms with E-state index in [2.05, 4.69) is 5.10 Å². The van der Waals surface area contributed by atoms with Gasteiger partial charge in [0.25, 0.3) is 0 Å². The van der Waals surface area contributed by atoms with Gasteiger partial charge in [0.2, 0.25) is 0 Å². The van der Waals surface area contributed by atoms with E-state index < -0.39 is 6.10 Å². The number of benzene rings is 1. The molecule has 102 valence electrons. The maximum absolute atomic E-state index is 9.54. The molecule has 1 aromatic carbocycles. The molecule has 0 aliphatic carbocycles. The molecule has 0 radical (unpaired) electrons. The third kappa shape index (κ3) is 2.74. The van der Waals surface area contributed by atoms with Crippen molar-refractivity contribution in [2.75, 3.05) is 0 Å². The topological polar surface area (TPSA) is 47.3 Å². The highest BCUT2D eigenvalue weighted by atomic mass is 35.5. The molecule has 2 rings (SSSR count). The summed E-state index contributed by atoms with van der Waals surface area (Å²) in [5.74, 6) is 1.37. The third-order valence-corrected chi connectivity index (χ3v) is 3.41. The van der Waals surface area contributed by atoms with Crippen LogP contribution in [0.25, 0.3) is 0 Å². The summed E-state index contributed by atoms with van der Waals surface area (Å²) in [6.45, 7) is 5.52. The van der Waals surface area contributed by atoms with Gasteiger partial charge in [-0.1, -0.05) is 17.7 Å². The Morgan fingerprint density at radius 2 is 2.05 bits per heavy atom. The number of aliphatic hydroxyl groups is 1. The van der Waals surface area contributed by atoms with Crippen molar-refractivity contribution in [1.29, 1.82) is 0 Å². The first-order valence-electron chi connectivity index (χ1n) is 6.05. The molecular formula is C14H17ClN2O2. The summed E-state index contributed by atoms with van der Waals surface area (Å²) >= 11 is 6.11. The highest BCUT2D eigenvalue weighted by molar-refractivity contribution is 6.31. The smallest absolute Gasteiger partial charge is 0.171 e. The first-order chi connectivity index (χ1) is 8.90. The van der Waals surface area contributed by atoms with Gasteiger partial charge in [0.15, 0.2) is 5.75 Å². The number of halogens is 1. The van der Waals surface area contributed by atoms with E-state index in [1.54, 1.807) is 29.8 Å². The van der Waals surface area contributed by atoms with Gasteiger partial charge in [0.05, 0.1) is 16.8 Å². The molecule has 4 nitrogen and oxygen atoms in total. The van der Waals surface area contributed by atoms with Gasteiger partial charge in [-0.15, -0.1) is 0 Å². The van der Waals surface area contributed by atoms with Crippen LogP contribution in [0.4, 0.5) is 0 Å². The molecule has 0 aliphatic heterocycles. The standard InChI is InChI=1S/C14H17ClN2O2/c1-8-14(9(2)17(4)16-8)19-11-5-6-12(10(3)18)13(15)7-11/h5-7,10,18H,1-4H3. The van der Waals surface area contributed by atoms with Crippen LogP contribution in [-0.2, 0) is 7.05 Å². The Kier molecular flexibility index (Phi) is 3.83. The first kappa shape index (κ1) is 13.9. The molecular weight excluding hydrogens is 264 g/mol. The summed E-state index contributed by atoms with van der Waals surface area (Å²) in [5, 5.41) is 14.3. The first-order valence-corrected chi connectivity index (χ1v) is 6.43. The fourth-order valence-corrected chi connectivity index (χ4v) is 2.26. The van der Waals surface area contributed by atoms with Crippen molar-refractivity contribution in [1.82, 2.24) is 9.78 Å². The van der Waals surface area contributed by atoms with Crippen molar-refractivity contribution in [3.63, 3.8) is 0 Å². The molecule has 2 aromatic rings. The lowest BCUT2D eigenvalue weighted by Gasteiger charge is -2.10. The maximum Gasteiger partial charge on any atom is 0.171 e. The number of hydrogen-bond donors (Lipinski definition) is 1. The molecule has 1 aromatic heterocycles. The summed E-state index contributed by atoms with van der Waals surface area (Å²) in [4.78, 5) is 0.